The summed E-state index contributed by atoms with van der Waals surface area (Å²) in [5.41, 5.74) is 9.10. The zero-order valence-corrected chi connectivity index (χ0v) is 9.38. The van der Waals surface area contributed by atoms with E-state index in [-0.39, 0.29) is 0 Å². The van der Waals surface area contributed by atoms with Crippen molar-refractivity contribution in [1.29, 1.82) is 0 Å². The molecule has 0 fully saturated rings. The molecule has 84 valence electrons. The van der Waals surface area contributed by atoms with Gasteiger partial charge in [-0.25, -0.2) is 4.98 Å². The maximum Gasteiger partial charge on any atom is 0.127 e. The zero-order chi connectivity index (χ0) is 11.7. The summed E-state index contributed by atoms with van der Waals surface area (Å²) < 4.78 is 2.11. The van der Waals surface area contributed by atoms with Crippen LogP contribution in [0.2, 0.25) is 0 Å². The number of aromatic nitrogens is 2. The predicted octanol–water partition coefficient (Wildman–Crippen LogP) is 2.46. The Hall–Kier alpha value is -2.13. The molecule has 2 N–H and O–H groups in total. The highest BCUT2D eigenvalue weighted by atomic mass is 15.0. The second kappa shape index (κ2) is 4.03. The third kappa shape index (κ3) is 1.61. The summed E-state index contributed by atoms with van der Waals surface area (Å²) >= 11 is 0. The normalized spacial score (nSPS) is 10.9. The molecule has 17 heavy (non-hydrogen) atoms. The first-order valence-corrected chi connectivity index (χ1v) is 5.61. The van der Waals surface area contributed by atoms with Crippen molar-refractivity contribution in [2.24, 2.45) is 5.73 Å². The van der Waals surface area contributed by atoms with E-state index in [1.54, 1.807) is 0 Å². The van der Waals surface area contributed by atoms with Gasteiger partial charge in [-0.3, -0.25) is 4.40 Å². The van der Waals surface area contributed by atoms with E-state index in [4.69, 9.17) is 5.73 Å². The summed E-state index contributed by atoms with van der Waals surface area (Å²) in [5.74, 6) is 0.888. The van der Waals surface area contributed by atoms with Gasteiger partial charge < -0.3 is 5.73 Å². The first-order chi connectivity index (χ1) is 8.40. The molecule has 2 aromatic heterocycles. The number of imidazole rings is 1. The van der Waals surface area contributed by atoms with E-state index in [9.17, 15) is 0 Å². The Kier molecular flexibility index (Phi) is 2.38. The lowest BCUT2D eigenvalue weighted by Gasteiger charge is -2.07. The molecule has 2 heterocycles. The lowest BCUT2D eigenvalue weighted by Crippen LogP contribution is -2.04. The average molecular weight is 223 g/mol. The molecule has 0 unspecified atom stereocenters. The highest BCUT2D eigenvalue weighted by Crippen LogP contribution is 2.21. The molecule has 3 nitrogen and oxygen atoms in total. The zero-order valence-electron chi connectivity index (χ0n) is 9.38. The van der Waals surface area contributed by atoms with Gasteiger partial charge in [0.15, 0.2) is 0 Å². The maximum absolute atomic E-state index is 5.72. The van der Waals surface area contributed by atoms with Crippen LogP contribution < -0.4 is 5.73 Å². The standard InChI is InChI=1S/C14H13N3/c15-9-14-16-10-12-7-4-8-13(17(12)14)11-5-2-1-3-6-11/h1-8,10H,9,15H2. The third-order valence-corrected chi connectivity index (χ3v) is 2.88. The molecule has 3 rings (SSSR count). The number of hydrogen-bond donors (Lipinski definition) is 1. The minimum absolute atomic E-state index is 0.442. The van der Waals surface area contributed by atoms with E-state index in [2.05, 4.69) is 27.6 Å². The Balaban J connectivity index is 2.33. The van der Waals surface area contributed by atoms with E-state index in [0.29, 0.717) is 6.54 Å². The van der Waals surface area contributed by atoms with E-state index < -0.39 is 0 Å². The molecule has 0 atom stereocenters. The van der Waals surface area contributed by atoms with Gasteiger partial charge in [0.25, 0.3) is 0 Å². The molecule has 0 amide bonds. The molecule has 0 saturated heterocycles. The Bertz CT molecular complexity index is 641. The van der Waals surface area contributed by atoms with Crippen LogP contribution in [0.25, 0.3) is 16.8 Å². The van der Waals surface area contributed by atoms with Gasteiger partial charge in [0.2, 0.25) is 0 Å². The number of hydrogen-bond acceptors (Lipinski definition) is 2. The monoisotopic (exact) mass is 223 g/mol. The number of fused-ring (bicyclic) bond motifs is 1. The predicted molar refractivity (Wildman–Crippen MR) is 68.5 cm³/mol. The summed E-state index contributed by atoms with van der Waals surface area (Å²) in [6.45, 7) is 0.442. The van der Waals surface area contributed by atoms with Crippen LogP contribution in [0.1, 0.15) is 5.82 Å². The van der Waals surface area contributed by atoms with Crippen LogP contribution in [0.5, 0.6) is 0 Å². The second-order valence-electron chi connectivity index (χ2n) is 3.92. The average Bonchev–Trinajstić information content (AvgIpc) is 2.82. The largest absolute Gasteiger partial charge is 0.324 e. The van der Waals surface area contributed by atoms with E-state index in [1.165, 1.54) is 5.56 Å². The summed E-state index contributed by atoms with van der Waals surface area (Å²) in [6.07, 6.45) is 1.86. The van der Waals surface area contributed by atoms with Crippen molar-refractivity contribution in [3.8, 4) is 11.3 Å². The molecule has 0 aliphatic rings. The number of benzene rings is 1. The van der Waals surface area contributed by atoms with Gasteiger partial charge in [-0.15, -0.1) is 0 Å². The van der Waals surface area contributed by atoms with Gasteiger partial charge in [0.05, 0.1) is 24.0 Å². The van der Waals surface area contributed by atoms with E-state index >= 15 is 0 Å². The summed E-state index contributed by atoms with van der Waals surface area (Å²) in [6, 6.07) is 16.4. The topological polar surface area (TPSA) is 43.3 Å². The minimum Gasteiger partial charge on any atom is -0.324 e. The molecular formula is C14H13N3. The maximum atomic E-state index is 5.72. The van der Waals surface area contributed by atoms with Gasteiger partial charge in [-0.2, -0.15) is 0 Å². The summed E-state index contributed by atoms with van der Waals surface area (Å²) in [4.78, 5) is 4.34. The van der Waals surface area contributed by atoms with Crippen molar-refractivity contribution < 1.29 is 0 Å². The molecule has 0 aliphatic carbocycles. The summed E-state index contributed by atoms with van der Waals surface area (Å²) in [5, 5.41) is 0. The fourth-order valence-electron chi connectivity index (χ4n) is 2.09. The van der Waals surface area contributed by atoms with Crippen molar-refractivity contribution in [2.75, 3.05) is 0 Å². The highest BCUT2D eigenvalue weighted by Gasteiger charge is 2.07. The number of rotatable bonds is 2. The first kappa shape index (κ1) is 10.1. The minimum atomic E-state index is 0.442. The molecular weight excluding hydrogens is 210 g/mol. The van der Waals surface area contributed by atoms with Crippen LogP contribution >= 0.6 is 0 Å². The van der Waals surface area contributed by atoms with Gasteiger partial charge in [-0.05, 0) is 17.7 Å². The second-order valence-corrected chi connectivity index (χ2v) is 3.92. The molecule has 0 aliphatic heterocycles. The molecule has 0 radical (unpaired) electrons. The Morgan fingerprint density at radius 3 is 2.59 bits per heavy atom. The van der Waals surface area contributed by atoms with Crippen LogP contribution in [-0.4, -0.2) is 9.38 Å². The van der Waals surface area contributed by atoms with E-state index in [0.717, 1.165) is 17.0 Å². The quantitative estimate of drug-likeness (QED) is 0.725. The van der Waals surface area contributed by atoms with Crippen LogP contribution in [0.3, 0.4) is 0 Å². The molecule has 0 saturated carbocycles. The van der Waals surface area contributed by atoms with Crippen LogP contribution in [0.4, 0.5) is 0 Å². The van der Waals surface area contributed by atoms with Crippen LogP contribution in [0.15, 0.2) is 54.7 Å². The fraction of sp³-hybridized carbons (Fsp3) is 0.0714. The molecule has 0 spiro atoms. The Morgan fingerprint density at radius 1 is 1.00 bits per heavy atom. The van der Waals surface area contributed by atoms with Gasteiger partial charge in [0, 0.05) is 0 Å². The summed E-state index contributed by atoms with van der Waals surface area (Å²) in [7, 11) is 0. The number of nitrogens with zero attached hydrogens (tertiary/aromatic N) is 2. The van der Waals surface area contributed by atoms with Crippen molar-refractivity contribution in [3.63, 3.8) is 0 Å². The van der Waals surface area contributed by atoms with Gasteiger partial charge in [-0.1, -0.05) is 36.4 Å². The van der Waals surface area contributed by atoms with E-state index in [1.807, 2.05) is 36.5 Å². The van der Waals surface area contributed by atoms with Crippen molar-refractivity contribution in [2.45, 2.75) is 6.54 Å². The molecule has 3 aromatic rings. The smallest absolute Gasteiger partial charge is 0.127 e. The van der Waals surface area contributed by atoms with Crippen LogP contribution in [-0.2, 0) is 6.54 Å². The third-order valence-electron chi connectivity index (χ3n) is 2.88. The Labute approximate surface area is 99.5 Å². The highest BCUT2D eigenvalue weighted by molar-refractivity contribution is 5.65. The number of nitrogens with two attached hydrogens (primary N) is 1. The van der Waals surface area contributed by atoms with Crippen LogP contribution in [0, 0.1) is 0 Å². The lowest BCUT2D eigenvalue weighted by molar-refractivity contribution is 0.907. The molecule has 0 bridgehead atoms. The first-order valence-electron chi connectivity index (χ1n) is 5.61. The van der Waals surface area contributed by atoms with Crippen molar-refractivity contribution in [1.82, 2.24) is 9.38 Å². The Morgan fingerprint density at radius 2 is 1.82 bits per heavy atom. The lowest BCUT2D eigenvalue weighted by atomic mass is 10.1. The van der Waals surface area contributed by atoms with Crippen molar-refractivity contribution in [3.05, 3.63) is 60.6 Å². The van der Waals surface area contributed by atoms with Gasteiger partial charge in [0.1, 0.15) is 5.82 Å². The molecule has 1 aromatic carbocycles. The van der Waals surface area contributed by atoms with Crippen molar-refractivity contribution >= 4 is 5.52 Å². The molecule has 3 heteroatoms. The SMILES string of the molecule is NCc1ncc2cccc(-c3ccccc3)n12. The van der Waals surface area contributed by atoms with Gasteiger partial charge >= 0.3 is 0 Å². The number of pyridine rings is 1. The fourth-order valence-corrected chi connectivity index (χ4v) is 2.09.